The summed E-state index contributed by atoms with van der Waals surface area (Å²) in [7, 11) is 0. The Morgan fingerprint density at radius 1 is 0.968 bits per heavy atom. The number of nitrogens with one attached hydrogen (secondary N) is 1. The number of fused-ring (bicyclic) bond motifs is 2. The Hall–Kier alpha value is -4.07. The highest BCUT2D eigenvalue weighted by atomic mass is 19.4. The third-order valence-electron chi connectivity index (χ3n) is 4.96. The molecule has 2 heterocycles. The molecule has 0 saturated carbocycles. The minimum absolute atomic E-state index is 0.209. The average Bonchev–Trinajstić information content (AvgIpc) is 3.37. The van der Waals surface area contributed by atoms with Gasteiger partial charge in [-0.15, -0.1) is 0 Å². The second kappa shape index (κ2) is 7.02. The van der Waals surface area contributed by atoms with Gasteiger partial charge in [-0.1, -0.05) is 24.3 Å². The topological polar surface area (TPSA) is 60.1 Å². The molecular formula is C23H14F3N3O2. The summed E-state index contributed by atoms with van der Waals surface area (Å²) < 4.78 is 46.5. The smallest absolute Gasteiger partial charge is 0.416 e. The molecule has 0 atom stereocenters. The Morgan fingerprint density at radius 3 is 2.65 bits per heavy atom. The van der Waals surface area contributed by atoms with E-state index in [1.165, 1.54) is 17.0 Å². The zero-order valence-corrected chi connectivity index (χ0v) is 15.9. The monoisotopic (exact) mass is 421 g/mol. The van der Waals surface area contributed by atoms with Crippen molar-refractivity contribution in [1.29, 1.82) is 0 Å². The summed E-state index contributed by atoms with van der Waals surface area (Å²) in [4.78, 5) is 17.2. The van der Waals surface area contributed by atoms with Crippen molar-refractivity contribution < 1.29 is 22.4 Å². The maximum atomic E-state index is 13.3. The Labute approximate surface area is 173 Å². The molecule has 154 valence electrons. The summed E-state index contributed by atoms with van der Waals surface area (Å²) >= 11 is 0. The number of halogens is 3. The number of carbonyl (C=O) groups is 1. The number of hydrogen-bond donors (Lipinski definition) is 1. The van der Waals surface area contributed by atoms with Crippen LogP contribution >= 0.6 is 0 Å². The summed E-state index contributed by atoms with van der Waals surface area (Å²) in [5.74, 6) is -0.462. The Morgan fingerprint density at radius 2 is 1.81 bits per heavy atom. The third-order valence-corrected chi connectivity index (χ3v) is 4.96. The van der Waals surface area contributed by atoms with Crippen LogP contribution in [0, 0.1) is 0 Å². The fraction of sp³-hybridized carbons (Fsp3) is 0.0435. The van der Waals surface area contributed by atoms with Gasteiger partial charge in [-0.25, -0.2) is 4.98 Å². The van der Waals surface area contributed by atoms with Gasteiger partial charge in [0.05, 0.1) is 11.1 Å². The van der Waals surface area contributed by atoms with Gasteiger partial charge in [-0.2, -0.15) is 13.2 Å². The molecule has 0 spiro atoms. The summed E-state index contributed by atoms with van der Waals surface area (Å²) in [6.45, 7) is 0. The highest BCUT2D eigenvalue weighted by Crippen LogP contribution is 2.32. The van der Waals surface area contributed by atoms with Crippen LogP contribution in [-0.4, -0.2) is 15.5 Å². The second-order valence-corrected chi connectivity index (χ2v) is 6.96. The van der Waals surface area contributed by atoms with Gasteiger partial charge in [0.1, 0.15) is 11.2 Å². The fourth-order valence-corrected chi connectivity index (χ4v) is 3.55. The van der Waals surface area contributed by atoms with Crippen molar-refractivity contribution >= 4 is 33.6 Å². The van der Waals surface area contributed by atoms with Crippen molar-refractivity contribution in [3.05, 3.63) is 90.4 Å². The maximum Gasteiger partial charge on any atom is 0.416 e. The van der Waals surface area contributed by atoms with Crippen molar-refractivity contribution in [2.45, 2.75) is 6.18 Å². The van der Waals surface area contributed by atoms with Crippen LogP contribution in [-0.2, 0) is 6.18 Å². The number of benzene rings is 3. The number of nitrogens with zero attached hydrogens (tertiary/aromatic N) is 2. The number of rotatable bonds is 3. The van der Waals surface area contributed by atoms with Crippen molar-refractivity contribution in [3.8, 4) is 5.69 Å². The van der Waals surface area contributed by atoms with Crippen LogP contribution in [0.4, 0.5) is 18.9 Å². The number of oxazole rings is 1. The molecule has 0 saturated heterocycles. The minimum atomic E-state index is -4.49. The molecule has 0 radical (unpaired) electrons. The number of carbonyl (C=O) groups excluding carboxylic acids is 1. The van der Waals surface area contributed by atoms with Crippen molar-refractivity contribution in [2.75, 3.05) is 5.32 Å². The van der Waals surface area contributed by atoms with E-state index in [4.69, 9.17) is 4.42 Å². The van der Waals surface area contributed by atoms with E-state index in [0.717, 1.165) is 17.5 Å². The highest BCUT2D eigenvalue weighted by molar-refractivity contribution is 6.07. The molecule has 0 bridgehead atoms. The molecule has 0 aliphatic rings. The Kier molecular flexibility index (Phi) is 4.28. The SMILES string of the molecule is O=C(Nc1ccc2ocnc2c1)c1cc2ccccc2n1-c1cccc(C(F)(F)F)c1. The van der Waals surface area contributed by atoms with E-state index in [0.29, 0.717) is 22.3 Å². The van der Waals surface area contributed by atoms with Gasteiger partial charge in [0.25, 0.3) is 5.91 Å². The second-order valence-electron chi connectivity index (χ2n) is 6.96. The lowest BCUT2D eigenvalue weighted by Gasteiger charge is -2.14. The Balaban J connectivity index is 1.61. The van der Waals surface area contributed by atoms with Gasteiger partial charge in [0.2, 0.25) is 0 Å². The predicted molar refractivity (Wildman–Crippen MR) is 110 cm³/mol. The first kappa shape index (κ1) is 18.9. The van der Waals surface area contributed by atoms with Crippen LogP contribution in [0.2, 0.25) is 0 Å². The van der Waals surface area contributed by atoms with E-state index >= 15 is 0 Å². The molecule has 0 aliphatic carbocycles. The summed E-state index contributed by atoms with van der Waals surface area (Å²) in [5, 5.41) is 3.53. The first-order valence-electron chi connectivity index (χ1n) is 9.33. The zero-order chi connectivity index (χ0) is 21.6. The zero-order valence-electron chi connectivity index (χ0n) is 15.9. The molecule has 1 amide bonds. The summed E-state index contributed by atoms with van der Waals surface area (Å²) in [5.41, 5.74) is 1.94. The molecule has 5 nitrogen and oxygen atoms in total. The number of aromatic nitrogens is 2. The Bertz CT molecular complexity index is 1430. The van der Waals surface area contributed by atoms with E-state index < -0.39 is 17.6 Å². The first-order valence-corrected chi connectivity index (χ1v) is 9.33. The van der Waals surface area contributed by atoms with Gasteiger partial charge in [-0.3, -0.25) is 4.79 Å². The number of para-hydroxylation sites is 1. The fourth-order valence-electron chi connectivity index (χ4n) is 3.55. The standard InChI is InChI=1S/C23H14F3N3O2/c24-23(25,26)15-5-3-6-17(11-15)29-19-7-2-1-4-14(19)10-20(29)22(30)28-16-8-9-21-18(12-16)27-13-31-21/h1-13H,(H,28,30). The molecule has 31 heavy (non-hydrogen) atoms. The first-order chi connectivity index (χ1) is 14.9. The molecular weight excluding hydrogens is 407 g/mol. The van der Waals surface area contributed by atoms with Gasteiger partial charge in [0.15, 0.2) is 12.0 Å². The normalized spacial score (nSPS) is 11.8. The average molecular weight is 421 g/mol. The lowest BCUT2D eigenvalue weighted by Crippen LogP contribution is -2.16. The van der Waals surface area contributed by atoms with Gasteiger partial charge >= 0.3 is 6.18 Å². The number of hydrogen-bond acceptors (Lipinski definition) is 3. The van der Waals surface area contributed by atoms with Crippen molar-refractivity contribution in [1.82, 2.24) is 9.55 Å². The molecule has 0 fully saturated rings. The molecule has 2 aromatic heterocycles. The number of amides is 1. The largest absolute Gasteiger partial charge is 0.443 e. The lowest BCUT2D eigenvalue weighted by molar-refractivity contribution is -0.137. The highest BCUT2D eigenvalue weighted by Gasteiger charge is 2.31. The van der Waals surface area contributed by atoms with Crippen molar-refractivity contribution in [3.63, 3.8) is 0 Å². The quantitative estimate of drug-likeness (QED) is 0.386. The van der Waals surface area contributed by atoms with Crippen LogP contribution in [0.15, 0.2) is 83.6 Å². The molecule has 1 N–H and O–H groups in total. The number of alkyl halides is 3. The van der Waals surface area contributed by atoms with Gasteiger partial charge in [-0.05, 0) is 48.5 Å². The van der Waals surface area contributed by atoms with Crippen LogP contribution in [0.1, 0.15) is 16.1 Å². The minimum Gasteiger partial charge on any atom is -0.443 e. The summed E-state index contributed by atoms with van der Waals surface area (Å²) in [6, 6.07) is 18.7. The van der Waals surface area contributed by atoms with Crippen LogP contribution < -0.4 is 5.32 Å². The van der Waals surface area contributed by atoms with E-state index in [1.807, 2.05) is 0 Å². The third kappa shape index (κ3) is 3.42. The molecule has 0 aliphatic heterocycles. The molecule has 5 aromatic rings. The molecule has 8 heteroatoms. The molecule has 0 unspecified atom stereocenters. The van der Waals surface area contributed by atoms with Crippen LogP contribution in [0.3, 0.4) is 0 Å². The van der Waals surface area contributed by atoms with E-state index in [1.54, 1.807) is 54.6 Å². The van der Waals surface area contributed by atoms with Crippen LogP contribution in [0.25, 0.3) is 27.7 Å². The summed E-state index contributed by atoms with van der Waals surface area (Å²) in [6.07, 6.45) is -3.18. The molecule has 3 aromatic carbocycles. The van der Waals surface area contributed by atoms with E-state index in [2.05, 4.69) is 10.3 Å². The van der Waals surface area contributed by atoms with Gasteiger partial charge in [0, 0.05) is 16.8 Å². The van der Waals surface area contributed by atoms with Crippen molar-refractivity contribution in [2.24, 2.45) is 0 Å². The van der Waals surface area contributed by atoms with Gasteiger partial charge < -0.3 is 14.3 Å². The van der Waals surface area contributed by atoms with Crippen LogP contribution in [0.5, 0.6) is 0 Å². The number of anilines is 1. The molecule has 5 rings (SSSR count). The van der Waals surface area contributed by atoms with E-state index in [-0.39, 0.29) is 11.4 Å². The maximum absolute atomic E-state index is 13.3. The lowest BCUT2D eigenvalue weighted by atomic mass is 10.2. The van der Waals surface area contributed by atoms with E-state index in [9.17, 15) is 18.0 Å². The predicted octanol–water partition coefficient (Wildman–Crippen LogP) is 6.04.